The highest BCUT2D eigenvalue weighted by atomic mass is 19.4. The van der Waals surface area contributed by atoms with Crippen LogP contribution in [0.1, 0.15) is 42.6 Å². The number of carboxylic acid groups (broad SMARTS) is 1. The maximum absolute atomic E-state index is 13.5. The van der Waals surface area contributed by atoms with E-state index in [4.69, 9.17) is 9.15 Å². The average molecular weight is 587 g/mol. The molecule has 1 fully saturated rings. The van der Waals surface area contributed by atoms with Crippen molar-refractivity contribution in [2.24, 2.45) is 0 Å². The van der Waals surface area contributed by atoms with Gasteiger partial charge in [-0.3, -0.25) is 10.1 Å². The second-order valence-electron chi connectivity index (χ2n) is 10.5. The topological polar surface area (TPSA) is 102 Å². The molecule has 218 valence electrons. The quantitative estimate of drug-likeness (QED) is 0.198. The number of aromatic nitrogens is 1. The van der Waals surface area contributed by atoms with Gasteiger partial charge in [0.25, 0.3) is 0 Å². The molecule has 0 aliphatic heterocycles. The van der Waals surface area contributed by atoms with E-state index >= 15 is 0 Å². The summed E-state index contributed by atoms with van der Waals surface area (Å²) in [6.07, 6.45) is -4.24. The SMILES string of the molecule is CC(OC(=O)Nc1c(-c2ccc(-c3ccc(C4(C(=O)O)CC4)cc3)cc2)oc2ncc(C(F)(F)F)cc12)c1ccccc1. The van der Waals surface area contributed by atoms with Crippen molar-refractivity contribution in [1.82, 2.24) is 4.98 Å². The molecule has 1 atom stereocenters. The van der Waals surface area contributed by atoms with E-state index in [1.807, 2.05) is 30.3 Å². The normalized spacial score (nSPS) is 14.7. The fourth-order valence-electron chi connectivity index (χ4n) is 5.10. The van der Waals surface area contributed by atoms with Crippen LogP contribution in [0, 0.1) is 0 Å². The minimum absolute atomic E-state index is 0.000586. The predicted molar refractivity (Wildman–Crippen MR) is 153 cm³/mol. The van der Waals surface area contributed by atoms with Gasteiger partial charge in [-0.15, -0.1) is 0 Å². The van der Waals surface area contributed by atoms with E-state index in [0.29, 0.717) is 24.6 Å². The summed E-state index contributed by atoms with van der Waals surface area (Å²) >= 11 is 0. The lowest BCUT2D eigenvalue weighted by molar-refractivity contribution is -0.140. The zero-order valence-electron chi connectivity index (χ0n) is 22.8. The van der Waals surface area contributed by atoms with Crippen LogP contribution in [0.3, 0.4) is 0 Å². The average Bonchev–Trinajstić information content (AvgIpc) is 3.75. The zero-order valence-corrected chi connectivity index (χ0v) is 22.8. The number of hydrogen-bond acceptors (Lipinski definition) is 5. The van der Waals surface area contributed by atoms with Gasteiger partial charge in [-0.1, -0.05) is 78.9 Å². The molecule has 5 aromatic rings. The number of furan rings is 1. The molecule has 1 saturated carbocycles. The Kier molecular flexibility index (Phi) is 6.92. The number of carboxylic acids is 1. The van der Waals surface area contributed by atoms with Gasteiger partial charge in [-0.25, -0.2) is 9.78 Å². The van der Waals surface area contributed by atoms with Gasteiger partial charge in [0.05, 0.1) is 16.4 Å². The van der Waals surface area contributed by atoms with Crippen LogP contribution < -0.4 is 5.32 Å². The highest BCUT2D eigenvalue weighted by Gasteiger charge is 2.51. The van der Waals surface area contributed by atoms with Crippen LogP contribution in [0.25, 0.3) is 33.6 Å². The predicted octanol–water partition coefficient (Wildman–Crippen LogP) is 8.61. The number of nitrogens with zero attached hydrogens (tertiary/aromatic N) is 1. The molecule has 2 heterocycles. The monoisotopic (exact) mass is 586 g/mol. The van der Waals surface area contributed by atoms with Crippen LogP contribution in [0.4, 0.5) is 23.7 Å². The summed E-state index contributed by atoms with van der Waals surface area (Å²) in [5.74, 6) is -0.708. The number of ether oxygens (including phenoxy) is 1. The summed E-state index contributed by atoms with van der Waals surface area (Å²) in [5, 5.41) is 12.1. The lowest BCUT2D eigenvalue weighted by Gasteiger charge is -2.14. The van der Waals surface area contributed by atoms with E-state index in [9.17, 15) is 27.9 Å². The number of amides is 1. The molecule has 0 bridgehead atoms. The lowest BCUT2D eigenvalue weighted by Crippen LogP contribution is -2.19. The molecule has 2 aromatic heterocycles. The van der Waals surface area contributed by atoms with Gasteiger partial charge < -0.3 is 14.3 Å². The van der Waals surface area contributed by atoms with Crippen molar-refractivity contribution in [3.63, 3.8) is 0 Å². The molecule has 7 nitrogen and oxygen atoms in total. The number of anilines is 1. The molecule has 0 spiro atoms. The number of rotatable bonds is 7. The number of carbonyl (C=O) groups is 2. The lowest BCUT2D eigenvalue weighted by atomic mass is 9.93. The van der Waals surface area contributed by atoms with Gasteiger partial charge in [0.1, 0.15) is 11.8 Å². The van der Waals surface area contributed by atoms with E-state index in [0.717, 1.165) is 28.3 Å². The molecular weight excluding hydrogens is 561 g/mol. The van der Waals surface area contributed by atoms with Crippen LogP contribution in [-0.4, -0.2) is 22.2 Å². The molecule has 2 N–H and O–H groups in total. The Bertz CT molecular complexity index is 1810. The Balaban J connectivity index is 1.32. The van der Waals surface area contributed by atoms with E-state index in [1.165, 1.54) is 0 Å². The highest BCUT2D eigenvalue weighted by Crippen LogP contribution is 2.48. The minimum atomic E-state index is -4.65. The zero-order chi connectivity index (χ0) is 30.4. The third-order valence-electron chi connectivity index (χ3n) is 7.73. The smallest absolute Gasteiger partial charge is 0.417 e. The van der Waals surface area contributed by atoms with Crippen molar-refractivity contribution < 1.29 is 37.0 Å². The van der Waals surface area contributed by atoms with Crippen molar-refractivity contribution in [1.29, 1.82) is 0 Å². The molecule has 3 aromatic carbocycles. The Morgan fingerprint density at radius 1 is 0.953 bits per heavy atom. The maximum atomic E-state index is 13.5. The second-order valence-corrected chi connectivity index (χ2v) is 10.5. The number of nitrogens with one attached hydrogen (secondary N) is 1. The number of hydrogen-bond donors (Lipinski definition) is 2. The molecule has 1 aliphatic rings. The minimum Gasteiger partial charge on any atom is -0.481 e. The molecular formula is C33H25F3N2O5. The molecule has 0 radical (unpaired) electrons. The summed E-state index contributed by atoms with van der Waals surface area (Å²) in [6, 6.07) is 24.3. The molecule has 10 heteroatoms. The molecule has 0 saturated heterocycles. The van der Waals surface area contributed by atoms with Crippen LogP contribution in [0.15, 0.2) is 95.5 Å². The first-order chi connectivity index (χ1) is 20.5. The first-order valence-electron chi connectivity index (χ1n) is 13.5. The summed E-state index contributed by atoms with van der Waals surface area (Å²) in [5.41, 5.74) is 1.81. The van der Waals surface area contributed by atoms with Crippen LogP contribution >= 0.6 is 0 Å². The fraction of sp³-hybridized carbons (Fsp3) is 0.182. The summed E-state index contributed by atoms with van der Waals surface area (Å²) < 4.78 is 52.0. The van der Waals surface area contributed by atoms with E-state index in [-0.39, 0.29) is 22.5 Å². The molecule has 1 amide bonds. The summed E-state index contributed by atoms with van der Waals surface area (Å²) in [7, 11) is 0. The first-order valence-corrected chi connectivity index (χ1v) is 13.5. The van der Waals surface area contributed by atoms with Gasteiger partial charge in [0.15, 0.2) is 5.76 Å². The van der Waals surface area contributed by atoms with Gasteiger partial charge in [-0.2, -0.15) is 13.2 Å². The number of fused-ring (bicyclic) bond motifs is 1. The fourth-order valence-corrected chi connectivity index (χ4v) is 5.10. The Morgan fingerprint density at radius 3 is 2.14 bits per heavy atom. The Morgan fingerprint density at radius 2 is 1.56 bits per heavy atom. The molecule has 1 aliphatic carbocycles. The van der Waals surface area contributed by atoms with Crippen molar-refractivity contribution >= 4 is 28.8 Å². The summed E-state index contributed by atoms with van der Waals surface area (Å²) in [4.78, 5) is 28.4. The Labute approximate surface area is 243 Å². The number of benzene rings is 3. The first kappa shape index (κ1) is 28.0. The summed E-state index contributed by atoms with van der Waals surface area (Å²) in [6.45, 7) is 1.68. The van der Waals surface area contributed by atoms with Gasteiger partial charge in [-0.05, 0) is 48.1 Å². The largest absolute Gasteiger partial charge is 0.481 e. The van der Waals surface area contributed by atoms with Crippen molar-refractivity contribution in [2.75, 3.05) is 5.32 Å². The van der Waals surface area contributed by atoms with E-state index in [1.54, 1.807) is 55.5 Å². The van der Waals surface area contributed by atoms with E-state index in [2.05, 4.69) is 10.3 Å². The molecule has 1 unspecified atom stereocenters. The third-order valence-corrected chi connectivity index (χ3v) is 7.73. The van der Waals surface area contributed by atoms with Crippen molar-refractivity contribution in [3.05, 3.63) is 108 Å². The van der Waals surface area contributed by atoms with Gasteiger partial charge in [0.2, 0.25) is 5.71 Å². The van der Waals surface area contributed by atoms with Gasteiger partial charge >= 0.3 is 18.2 Å². The standard InChI is InChI=1S/C33H25F3N2O5/c1-19(20-5-3-2-4-6-20)42-31(41)38-27-26-17-25(33(34,35)36)18-37-29(26)43-28(27)23-9-7-21(8-10-23)22-11-13-24(14-12-22)32(15-16-32)30(39)40/h2-14,17-19H,15-16H2,1H3,(H,38,41)(H,39,40). The number of alkyl halides is 3. The number of aliphatic carboxylic acids is 1. The van der Waals surface area contributed by atoms with Gasteiger partial charge in [0, 0.05) is 11.8 Å². The highest BCUT2D eigenvalue weighted by molar-refractivity contribution is 6.04. The number of pyridine rings is 1. The Hall–Kier alpha value is -5.12. The van der Waals surface area contributed by atoms with Crippen molar-refractivity contribution in [3.8, 4) is 22.5 Å². The van der Waals surface area contributed by atoms with Crippen LogP contribution in [-0.2, 0) is 21.1 Å². The molecule has 6 rings (SSSR count). The number of halogens is 3. The van der Waals surface area contributed by atoms with E-state index < -0.39 is 35.3 Å². The van der Waals surface area contributed by atoms with Crippen molar-refractivity contribution in [2.45, 2.75) is 37.5 Å². The van der Waals surface area contributed by atoms with Crippen LogP contribution in [0.5, 0.6) is 0 Å². The van der Waals surface area contributed by atoms with Crippen LogP contribution in [0.2, 0.25) is 0 Å². The number of carbonyl (C=O) groups excluding carboxylic acids is 1. The second kappa shape index (κ2) is 10.6. The molecule has 43 heavy (non-hydrogen) atoms. The maximum Gasteiger partial charge on any atom is 0.417 e. The third kappa shape index (κ3) is 5.43.